The van der Waals surface area contributed by atoms with Gasteiger partial charge < -0.3 is 9.47 Å². The van der Waals surface area contributed by atoms with Crippen LogP contribution in [-0.4, -0.2) is 20.8 Å². The molecule has 1 unspecified atom stereocenters. The SMILES string of the molecule is COc1ccc(C2(C#N)CCCN2)cc1OC. The summed E-state index contributed by atoms with van der Waals surface area (Å²) in [6.45, 7) is 0.877. The molecule has 0 bridgehead atoms. The van der Waals surface area contributed by atoms with Gasteiger partial charge >= 0.3 is 0 Å². The molecule has 0 radical (unpaired) electrons. The van der Waals surface area contributed by atoms with E-state index in [2.05, 4.69) is 11.4 Å². The standard InChI is InChI=1S/C13H16N2O2/c1-16-11-5-4-10(8-12(11)17-2)13(9-14)6-3-7-15-13/h4-5,8,15H,3,6-7H2,1-2H3. The molecule has 4 nitrogen and oxygen atoms in total. The van der Waals surface area contributed by atoms with Crippen LogP contribution in [0.15, 0.2) is 18.2 Å². The maximum Gasteiger partial charge on any atom is 0.161 e. The van der Waals surface area contributed by atoms with Gasteiger partial charge in [0.1, 0.15) is 5.54 Å². The minimum absolute atomic E-state index is 0.570. The lowest BCUT2D eigenvalue weighted by molar-refractivity contribution is 0.353. The van der Waals surface area contributed by atoms with Crippen molar-refractivity contribution in [3.8, 4) is 17.6 Å². The highest BCUT2D eigenvalue weighted by atomic mass is 16.5. The molecule has 90 valence electrons. The van der Waals surface area contributed by atoms with E-state index in [1.807, 2.05) is 18.2 Å². The molecule has 0 saturated carbocycles. The highest BCUT2D eigenvalue weighted by Gasteiger charge is 2.35. The summed E-state index contributed by atoms with van der Waals surface area (Å²) >= 11 is 0. The number of ether oxygens (including phenoxy) is 2. The molecule has 1 saturated heterocycles. The van der Waals surface area contributed by atoms with Gasteiger partial charge in [-0.1, -0.05) is 6.07 Å². The van der Waals surface area contributed by atoms with Crippen LogP contribution in [0, 0.1) is 11.3 Å². The van der Waals surface area contributed by atoms with Crippen molar-refractivity contribution in [3.63, 3.8) is 0 Å². The zero-order chi connectivity index (χ0) is 12.3. The molecule has 17 heavy (non-hydrogen) atoms. The molecule has 1 atom stereocenters. The average molecular weight is 232 g/mol. The first-order valence-electron chi connectivity index (χ1n) is 5.64. The van der Waals surface area contributed by atoms with E-state index in [-0.39, 0.29) is 0 Å². The molecule has 0 aliphatic carbocycles. The molecule has 1 aromatic carbocycles. The number of hydrogen-bond donors (Lipinski definition) is 1. The van der Waals surface area contributed by atoms with E-state index < -0.39 is 5.54 Å². The van der Waals surface area contributed by atoms with Gasteiger partial charge in [-0.25, -0.2) is 0 Å². The van der Waals surface area contributed by atoms with Crippen LogP contribution >= 0.6 is 0 Å². The molecule has 0 amide bonds. The van der Waals surface area contributed by atoms with Crippen molar-refractivity contribution in [2.24, 2.45) is 0 Å². The number of nitrogens with one attached hydrogen (secondary N) is 1. The first-order chi connectivity index (χ1) is 8.25. The second kappa shape index (κ2) is 4.64. The van der Waals surface area contributed by atoms with Gasteiger partial charge in [0.2, 0.25) is 0 Å². The number of hydrogen-bond acceptors (Lipinski definition) is 4. The van der Waals surface area contributed by atoms with Crippen molar-refractivity contribution >= 4 is 0 Å². The quantitative estimate of drug-likeness (QED) is 0.863. The van der Waals surface area contributed by atoms with Crippen molar-refractivity contribution in [2.45, 2.75) is 18.4 Å². The third-order valence-electron chi connectivity index (χ3n) is 3.22. The Kier molecular flexibility index (Phi) is 3.21. The van der Waals surface area contributed by atoms with E-state index in [4.69, 9.17) is 9.47 Å². The Balaban J connectivity index is 2.42. The summed E-state index contributed by atoms with van der Waals surface area (Å²) in [5, 5.41) is 12.6. The molecule has 2 rings (SSSR count). The average Bonchev–Trinajstić information content (AvgIpc) is 2.88. The molecule has 1 N–H and O–H groups in total. The lowest BCUT2D eigenvalue weighted by atomic mass is 9.90. The minimum Gasteiger partial charge on any atom is -0.493 e. The van der Waals surface area contributed by atoms with E-state index in [0.717, 1.165) is 24.9 Å². The minimum atomic E-state index is -0.570. The van der Waals surface area contributed by atoms with Gasteiger partial charge in [0.25, 0.3) is 0 Å². The third-order valence-corrected chi connectivity index (χ3v) is 3.22. The number of methoxy groups -OCH3 is 2. The van der Waals surface area contributed by atoms with E-state index in [1.165, 1.54) is 0 Å². The molecule has 1 heterocycles. The molecule has 4 heteroatoms. The van der Waals surface area contributed by atoms with Crippen molar-refractivity contribution in [1.82, 2.24) is 5.32 Å². The summed E-state index contributed by atoms with van der Waals surface area (Å²) in [7, 11) is 3.20. The van der Waals surface area contributed by atoms with Crippen LogP contribution in [0.25, 0.3) is 0 Å². The van der Waals surface area contributed by atoms with Crippen molar-refractivity contribution in [3.05, 3.63) is 23.8 Å². The largest absolute Gasteiger partial charge is 0.493 e. The summed E-state index contributed by atoms with van der Waals surface area (Å²) in [4.78, 5) is 0. The van der Waals surface area contributed by atoms with Gasteiger partial charge in [0.15, 0.2) is 11.5 Å². The number of rotatable bonds is 3. The first kappa shape index (κ1) is 11.7. The Hall–Kier alpha value is -1.73. The fraction of sp³-hybridized carbons (Fsp3) is 0.462. The fourth-order valence-electron chi connectivity index (χ4n) is 2.25. The smallest absolute Gasteiger partial charge is 0.161 e. The molecular weight excluding hydrogens is 216 g/mol. The van der Waals surface area contributed by atoms with Crippen LogP contribution < -0.4 is 14.8 Å². The predicted octanol–water partition coefficient (Wildman–Crippen LogP) is 1.81. The summed E-state index contributed by atoms with van der Waals surface area (Å²) in [5.74, 6) is 1.34. The normalized spacial score (nSPS) is 23.1. The van der Waals surface area contributed by atoms with E-state index in [1.54, 1.807) is 14.2 Å². The third kappa shape index (κ3) is 1.94. The highest BCUT2D eigenvalue weighted by Crippen LogP contribution is 2.36. The maximum atomic E-state index is 9.38. The predicted molar refractivity (Wildman–Crippen MR) is 64.1 cm³/mol. The van der Waals surface area contributed by atoms with Crippen LogP contribution in [0.4, 0.5) is 0 Å². The van der Waals surface area contributed by atoms with Crippen LogP contribution in [0.1, 0.15) is 18.4 Å². The van der Waals surface area contributed by atoms with Crippen LogP contribution in [0.5, 0.6) is 11.5 Å². The summed E-state index contributed by atoms with van der Waals surface area (Å²) in [5.41, 5.74) is 0.370. The molecule has 1 aliphatic rings. The van der Waals surface area contributed by atoms with E-state index in [9.17, 15) is 5.26 Å². The summed E-state index contributed by atoms with van der Waals surface area (Å²) in [6, 6.07) is 8.01. The van der Waals surface area contributed by atoms with Crippen molar-refractivity contribution < 1.29 is 9.47 Å². The summed E-state index contributed by atoms with van der Waals surface area (Å²) in [6.07, 6.45) is 1.85. The Bertz CT molecular complexity index is 445. The van der Waals surface area contributed by atoms with Gasteiger partial charge in [-0.15, -0.1) is 0 Å². The van der Waals surface area contributed by atoms with Gasteiger partial charge in [0, 0.05) is 0 Å². The molecule has 0 aromatic heterocycles. The lowest BCUT2D eigenvalue weighted by Crippen LogP contribution is -2.34. The molecule has 1 fully saturated rings. The molecular formula is C13H16N2O2. The van der Waals surface area contributed by atoms with Crippen LogP contribution in [0.3, 0.4) is 0 Å². The summed E-state index contributed by atoms with van der Waals surface area (Å²) < 4.78 is 10.5. The van der Waals surface area contributed by atoms with E-state index >= 15 is 0 Å². The van der Waals surface area contributed by atoms with Crippen molar-refractivity contribution in [2.75, 3.05) is 20.8 Å². The monoisotopic (exact) mass is 232 g/mol. The zero-order valence-corrected chi connectivity index (χ0v) is 10.1. The van der Waals surface area contributed by atoms with Crippen LogP contribution in [0.2, 0.25) is 0 Å². The number of nitrogens with zero attached hydrogens (tertiary/aromatic N) is 1. The highest BCUT2D eigenvalue weighted by molar-refractivity contribution is 5.47. The Morgan fingerprint density at radius 3 is 2.59 bits per heavy atom. The Labute approximate surface area is 101 Å². The van der Waals surface area contributed by atoms with Gasteiger partial charge in [-0.05, 0) is 37.1 Å². The molecule has 0 spiro atoms. The van der Waals surface area contributed by atoms with Crippen LogP contribution in [-0.2, 0) is 5.54 Å². The second-order valence-electron chi connectivity index (χ2n) is 4.12. The Morgan fingerprint density at radius 1 is 1.29 bits per heavy atom. The molecule has 1 aromatic rings. The van der Waals surface area contributed by atoms with Gasteiger partial charge in [-0.3, -0.25) is 5.32 Å². The lowest BCUT2D eigenvalue weighted by Gasteiger charge is -2.22. The molecule has 1 aliphatic heterocycles. The maximum absolute atomic E-state index is 9.38. The van der Waals surface area contributed by atoms with Gasteiger partial charge in [-0.2, -0.15) is 5.26 Å². The first-order valence-corrected chi connectivity index (χ1v) is 5.64. The van der Waals surface area contributed by atoms with Crippen molar-refractivity contribution in [1.29, 1.82) is 5.26 Å². The number of nitriles is 1. The fourth-order valence-corrected chi connectivity index (χ4v) is 2.25. The second-order valence-corrected chi connectivity index (χ2v) is 4.12. The number of benzene rings is 1. The Morgan fingerprint density at radius 2 is 2.06 bits per heavy atom. The van der Waals surface area contributed by atoms with E-state index in [0.29, 0.717) is 11.5 Å². The topological polar surface area (TPSA) is 54.3 Å². The zero-order valence-electron chi connectivity index (χ0n) is 10.1. The van der Waals surface area contributed by atoms with Gasteiger partial charge in [0.05, 0.1) is 20.3 Å².